The molecule has 1 aliphatic rings. The summed E-state index contributed by atoms with van der Waals surface area (Å²) < 4.78 is 5.67. The number of aryl methyl sites for hydroxylation is 1. The van der Waals surface area contributed by atoms with Crippen molar-refractivity contribution in [1.82, 2.24) is 16.2 Å². The number of amides is 1. The molecule has 24 heavy (non-hydrogen) atoms. The molecule has 0 spiro atoms. The van der Waals surface area contributed by atoms with Crippen molar-refractivity contribution in [1.29, 1.82) is 0 Å². The fraction of sp³-hybridized carbons (Fsp3) is 0.316. The second-order valence-electron chi connectivity index (χ2n) is 5.98. The van der Waals surface area contributed by atoms with E-state index in [2.05, 4.69) is 16.2 Å². The summed E-state index contributed by atoms with van der Waals surface area (Å²) >= 11 is 0. The Kier molecular flexibility index (Phi) is 5.46. The standard InChI is InChI=1S/C19H23N3O2/c1-14-6-5-9-16(12-14)24-11-10-20-19(23)17-13-21-22-18(17)15-7-3-2-4-8-15/h2-9,12,17-18,21-22H,10-11,13H2,1H3,(H,20,23). The number of ether oxygens (including phenoxy) is 1. The number of hydrogen-bond donors (Lipinski definition) is 3. The molecule has 3 rings (SSSR count). The van der Waals surface area contributed by atoms with Crippen molar-refractivity contribution in [2.75, 3.05) is 19.7 Å². The predicted octanol–water partition coefficient (Wildman–Crippen LogP) is 1.96. The Balaban J connectivity index is 1.48. The van der Waals surface area contributed by atoms with Gasteiger partial charge in [0.2, 0.25) is 5.91 Å². The summed E-state index contributed by atoms with van der Waals surface area (Å²) in [6.07, 6.45) is 0. The number of nitrogens with one attached hydrogen (secondary N) is 3. The third-order valence-corrected chi connectivity index (χ3v) is 4.14. The van der Waals surface area contributed by atoms with E-state index in [0.717, 1.165) is 16.9 Å². The third-order valence-electron chi connectivity index (χ3n) is 4.14. The largest absolute Gasteiger partial charge is 0.492 e. The first-order valence-corrected chi connectivity index (χ1v) is 8.24. The first-order chi connectivity index (χ1) is 11.7. The number of carbonyl (C=O) groups is 1. The molecule has 0 saturated carbocycles. The van der Waals surface area contributed by atoms with E-state index in [1.807, 2.05) is 61.5 Å². The molecule has 2 atom stereocenters. The predicted molar refractivity (Wildman–Crippen MR) is 93.5 cm³/mol. The lowest BCUT2D eigenvalue weighted by atomic mass is 9.94. The molecule has 2 aromatic carbocycles. The minimum absolute atomic E-state index is 0.0103. The fourth-order valence-electron chi connectivity index (χ4n) is 2.90. The number of hydrogen-bond acceptors (Lipinski definition) is 4. The van der Waals surface area contributed by atoms with Crippen LogP contribution in [-0.4, -0.2) is 25.6 Å². The van der Waals surface area contributed by atoms with E-state index < -0.39 is 0 Å². The van der Waals surface area contributed by atoms with Crippen LogP contribution in [0.25, 0.3) is 0 Å². The van der Waals surface area contributed by atoms with Crippen LogP contribution in [0.4, 0.5) is 0 Å². The third kappa shape index (κ3) is 4.13. The molecule has 0 radical (unpaired) electrons. The molecule has 5 heteroatoms. The van der Waals surface area contributed by atoms with E-state index in [1.54, 1.807) is 0 Å². The fourth-order valence-corrected chi connectivity index (χ4v) is 2.90. The molecule has 1 fully saturated rings. The van der Waals surface area contributed by atoms with E-state index in [-0.39, 0.29) is 17.9 Å². The van der Waals surface area contributed by atoms with E-state index in [4.69, 9.17) is 4.74 Å². The molecule has 0 bridgehead atoms. The first-order valence-electron chi connectivity index (χ1n) is 8.24. The van der Waals surface area contributed by atoms with Gasteiger partial charge >= 0.3 is 0 Å². The smallest absolute Gasteiger partial charge is 0.226 e. The summed E-state index contributed by atoms with van der Waals surface area (Å²) in [5.41, 5.74) is 8.53. The van der Waals surface area contributed by atoms with Crippen LogP contribution in [-0.2, 0) is 4.79 Å². The highest BCUT2D eigenvalue weighted by molar-refractivity contribution is 5.80. The van der Waals surface area contributed by atoms with Crippen LogP contribution in [0.15, 0.2) is 54.6 Å². The number of rotatable bonds is 6. The average molecular weight is 325 g/mol. The van der Waals surface area contributed by atoms with E-state index in [1.165, 1.54) is 0 Å². The van der Waals surface area contributed by atoms with Crippen LogP contribution >= 0.6 is 0 Å². The Morgan fingerprint density at radius 2 is 2.04 bits per heavy atom. The SMILES string of the molecule is Cc1cccc(OCCNC(=O)C2CNNC2c2ccccc2)c1. The van der Waals surface area contributed by atoms with Crippen LogP contribution in [0.5, 0.6) is 5.75 Å². The molecule has 0 aliphatic carbocycles. The van der Waals surface area contributed by atoms with Crippen LogP contribution in [0, 0.1) is 12.8 Å². The van der Waals surface area contributed by atoms with Crippen molar-refractivity contribution >= 4 is 5.91 Å². The van der Waals surface area contributed by atoms with Crippen LogP contribution in [0.2, 0.25) is 0 Å². The summed E-state index contributed by atoms with van der Waals surface area (Å²) in [5.74, 6) is 0.733. The van der Waals surface area contributed by atoms with Crippen molar-refractivity contribution in [3.05, 3.63) is 65.7 Å². The number of hydrazine groups is 1. The lowest BCUT2D eigenvalue weighted by Crippen LogP contribution is -2.37. The average Bonchev–Trinajstić information content (AvgIpc) is 3.09. The van der Waals surface area contributed by atoms with Gasteiger partial charge in [-0.3, -0.25) is 10.2 Å². The van der Waals surface area contributed by atoms with Gasteiger partial charge in [-0.05, 0) is 30.2 Å². The highest BCUT2D eigenvalue weighted by Crippen LogP contribution is 2.24. The molecule has 2 unspecified atom stereocenters. The van der Waals surface area contributed by atoms with Gasteiger partial charge in [0.05, 0.1) is 18.5 Å². The summed E-state index contributed by atoms with van der Waals surface area (Å²) in [5, 5.41) is 2.97. The van der Waals surface area contributed by atoms with Crippen molar-refractivity contribution in [2.45, 2.75) is 13.0 Å². The number of carbonyl (C=O) groups excluding carboxylic acids is 1. The van der Waals surface area contributed by atoms with E-state index in [0.29, 0.717) is 19.7 Å². The Morgan fingerprint density at radius 3 is 2.83 bits per heavy atom. The van der Waals surface area contributed by atoms with Gasteiger partial charge in [0, 0.05) is 6.54 Å². The van der Waals surface area contributed by atoms with Gasteiger partial charge in [0.15, 0.2) is 0 Å². The zero-order valence-electron chi connectivity index (χ0n) is 13.8. The zero-order chi connectivity index (χ0) is 16.8. The van der Waals surface area contributed by atoms with Gasteiger partial charge in [0.25, 0.3) is 0 Å². The molecule has 5 nitrogen and oxygen atoms in total. The van der Waals surface area contributed by atoms with E-state index >= 15 is 0 Å². The minimum atomic E-state index is -0.133. The summed E-state index contributed by atoms with van der Waals surface area (Å²) in [6, 6.07) is 17.9. The molecule has 1 heterocycles. The Labute approximate surface area is 142 Å². The lowest BCUT2D eigenvalue weighted by molar-refractivity contribution is -0.125. The molecule has 126 valence electrons. The highest BCUT2D eigenvalue weighted by Gasteiger charge is 2.33. The van der Waals surface area contributed by atoms with Crippen LogP contribution < -0.4 is 20.9 Å². The number of benzene rings is 2. The van der Waals surface area contributed by atoms with Gasteiger partial charge in [0.1, 0.15) is 12.4 Å². The molecule has 2 aromatic rings. The van der Waals surface area contributed by atoms with Gasteiger partial charge in [-0.1, -0.05) is 42.5 Å². The van der Waals surface area contributed by atoms with Crippen molar-refractivity contribution in [2.24, 2.45) is 5.92 Å². The molecular weight excluding hydrogens is 302 g/mol. The summed E-state index contributed by atoms with van der Waals surface area (Å²) in [6.45, 7) is 3.59. The minimum Gasteiger partial charge on any atom is -0.492 e. The highest BCUT2D eigenvalue weighted by atomic mass is 16.5. The van der Waals surface area contributed by atoms with Gasteiger partial charge in [-0.2, -0.15) is 0 Å². The second-order valence-corrected chi connectivity index (χ2v) is 5.98. The van der Waals surface area contributed by atoms with Crippen molar-refractivity contribution in [3.63, 3.8) is 0 Å². The first kappa shape index (κ1) is 16.5. The van der Waals surface area contributed by atoms with E-state index in [9.17, 15) is 4.79 Å². The maximum atomic E-state index is 12.4. The quantitative estimate of drug-likeness (QED) is 0.711. The van der Waals surface area contributed by atoms with Crippen LogP contribution in [0.1, 0.15) is 17.2 Å². The van der Waals surface area contributed by atoms with Gasteiger partial charge in [-0.25, -0.2) is 5.43 Å². The Morgan fingerprint density at radius 1 is 1.21 bits per heavy atom. The molecule has 0 aromatic heterocycles. The van der Waals surface area contributed by atoms with Crippen molar-refractivity contribution < 1.29 is 9.53 Å². The summed E-state index contributed by atoms with van der Waals surface area (Å²) in [4.78, 5) is 12.4. The van der Waals surface area contributed by atoms with Gasteiger partial charge < -0.3 is 10.1 Å². The second kappa shape index (κ2) is 7.95. The molecule has 1 saturated heterocycles. The Hall–Kier alpha value is -2.37. The maximum absolute atomic E-state index is 12.4. The molecular formula is C19H23N3O2. The normalized spacial score (nSPS) is 19.9. The molecule has 1 aliphatic heterocycles. The zero-order valence-corrected chi connectivity index (χ0v) is 13.8. The Bertz CT molecular complexity index is 675. The molecule has 3 N–H and O–H groups in total. The lowest BCUT2D eigenvalue weighted by Gasteiger charge is -2.18. The van der Waals surface area contributed by atoms with Crippen molar-refractivity contribution in [3.8, 4) is 5.75 Å². The monoisotopic (exact) mass is 325 g/mol. The van der Waals surface area contributed by atoms with Gasteiger partial charge in [-0.15, -0.1) is 0 Å². The summed E-state index contributed by atoms with van der Waals surface area (Å²) in [7, 11) is 0. The van der Waals surface area contributed by atoms with Crippen LogP contribution in [0.3, 0.4) is 0 Å². The maximum Gasteiger partial charge on any atom is 0.226 e. The topological polar surface area (TPSA) is 62.4 Å². The molecule has 1 amide bonds.